The van der Waals surface area contributed by atoms with Gasteiger partial charge in [-0.05, 0) is 36.8 Å². The van der Waals surface area contributed by atoms with E-state index >= 15 is 0 Å². The van der Waals surface area contributed by atoms with Crippen LogP contribution in [0.3, 0.4) is 0 Å². The van der Waals surface area contributed by atoms with E-state index in [9.17, 15) is 0 Å². The smallest absolute Gasteiger partial charge is 0.0411 e. The number of hydrogen-bond acceptors (Lipinski definition) is 1. The standard InChI is InChI=1S/C16H17N/c1-3-14-10-12-16(13-11-14)17(4-2)15-8-6-5-7-9-15/h3,5-13H,1,4H2,2H3. The van der Waals surface area contributed by atoms with Crippen LogP contribution in [-0.2, 0) is 0 Å². The summed E-state index contributed by atoms with van der Waals surface area (Å²) < 4.78 is 0. The first-order chi connectivity index (χ1) is 8.35. The van der Waals surface area contributed by atoms with Gasteiger partial charge in [-0.25, -0.2) is 0 Å². The van der Waals surface area contributed by atoms with Crippen LogP contribution in [0.2, 0.25) is 0 Å². The summed E-state index contributed by atoms with van der Waals surface area (Å²) >= 11 is 0. The van der Waals surface area contributed by atoms with Crippen molar-refractivity contribution in [2.24, 2.45) is 0 Å². The van der Waals surface area contributed by atoms with Crippen molar-refractivity contribution < 1.29 is 0 Å². The molecule has 0 aliphatic rings. The predicted octanol–water partition coefficient (Wildman–Crippen LogP) is 4.49. The Morgan fingerprint density at radius 2 is 1.53 bits per heavy atom. The number of nitrogens with zero attached hydrogens (tertiary/aromatic N) is 1. The topological polar surface area (TPSA) is 3.24 Å². The Bertz CT molecular complexity index is 471. The van der Waals surface area contributed by atoms with E-state index in [4.69, 9.17) is 0 Å². The largest absolute Gasteiger partial charge is 0.342 e. The number of para-hydroxylation sites is 1. The normalized spacial score (nSPS) is 9.94. The molecular weight excluding hydrogens is 206 g/mol. The Hall–Kier alpha value is -2.02. The number of anilines is 2. The van der Waals surface area contributed by atoms with Gasteiger partial charge in [0.15, 0.2) is 0 Å². The lowest BCUT2D eigenvalue weighted by molar-refractivity contribution is 1.02. The van der Waals surface area contributed by atoms with Crippen LogP contribution in [0.5, 0.6) is 0 Å². The second-order valence-electron chi connectivity index (χ2n) is 3.88. The molecule has 0 radical (unpaired) electrons. The highest BCUT2D eigenvalue weighted by molar-refractivity contribution is 5.64. The van der Waals surface area contributed by atoms with Gasteiger partial charge in [0.25, 0.3) is 0 Å². The van der Waals surface area contributed by atoms with Crippen molar-refractivity contribution in [1.82, 2.24) is 0 Å². The lowest BCUT2D eigenvalue weighted by atomic mass is 10.2. The first kappa shape index (κ1) is 11.5. The van der Waals surface area contributed by atoms with Gasteiger partial charge in [-0.2, -0.15) is 0 Å². The van der Waals surface area contributed by atoms with E-state index in [0.717, 1.165) is 12.1 Å². The highest BCUT2D eigenvalue weighted by atomic mass is 15.1. The minimum Gasteiger partial charge on any atom is -0.342 e. The lowest BCUT2D eigenvalue weighted by Gasteiger charge is -2.23. The van der Waals surface area contributed by atoms with Crippen LogP contribution in [0.25, 0.3) is 6.08 Å². The molecule has 2 rings (SSSR count). The van der Waals surface area contributed by atoms with Crippen molar-refractivity contribution >= 4 is 17.5 Å². The Morgan fingerprint density at radius 3 is 2.06 bits per heavy atom. The van der Waals surface area contributed by atoms with Crippen LogP contribution in [0.15, 0.2) is 61.2 Å². The van der Waals surface area contributed by atoms with Crippen LogP contribution in [0.1, 0.15) is 12.5 Å². The quantitative estimate of drug-likeness (QED) is 0.738. The maximum atomic E-state index is 3.77. The molecule has 1 heteroatoms. The molecule has 0 N–H and O–H groups in total. The minimum absolute atomic E-state index is 0.956. The zero-order valence-electron chi connectivity index (χ0n) is 10.1. The summed E-state index contributed by atoms with van der Waals surface area (Å²) in [6.45, 7) is 6.89. The van der Waals surface area contributed by atoms with E-state index < -0.39 is 0 Å². The molecule has 0 amide bonds. The van der Waals surface area contributed by atoms with Crippen molar-refractivity contribution in [3.8, 4) is 0 Å². The monoisotopic (exact) mass is 223 g/mol. The summed E-state index contributed by atoms with van der Waals surface area (Å²) in [5.41, 5.74) is 3.59. The van der Waals surface area contributed by atoms with Gasteiger partial charge in [0, 0.05) is 17.9 Å². The average molecular weight is 223 g/mol. The second-order valence-corrected chi connectivity index (χ2v) is 3.88. The van der Waals surface area contributed by atoms with Crippen molar-refractivity contribution in [3.63, 3.8) is 0 Å². The molecule has 0 spiro atoms. The predicted molar refractivity (Wildman–Crippen MR) is 75.7 cm³/mol. The van der Waals surface area contributed by atoms with Gasteiger partial charge in [0.1, 0.15) is 0 Å². The van der Waals surface area contributed by atoms with Gasteiger partial charge in [-0.15, -0.1) is 0 Å². The van der Waals surface area contributed by atoms with Crippen LogP contribution in [0.4, 0.5) is 11.4 Å². The number of hydrogen-bond donors (Lipinski definition) is 0. The summed E-state index contributed by atoms with van der Waals surface area (Å²) in [4.78, 5) is 2.28. The molecule has 0 aliphatic heterocycles. The molecule has 0 saturated carbocycles. The summed E-state index contributed by atoms with van der Waals surface area (Å²) in [7, 11) is 0. The van der Waals surface area contributed by atoms with Gasteiger partial charge in [0.05, 0.1) is 0 Å². The highest BCUT2D eigenvalue weighted by Gasteiger charge is 2.05. The highest BCUT2D eigenvalue weighted by Crippen LogP contribution is 2.24. The minimum atomic E-state index is 0.956. The van der Waals surface area contributed by atoms with Gasteiger partial charge < -0.3 is 4.90 Å². The van der Waals surface area contributed by atoms with E-state index in [0.29, 0.717) is 0 Å². The molecule has 0 saturated heterocycles. The van der Waals surface area contributed by atoms with Crippen molar-refractivity contribution in [3.05, 3.63) is 66.7 Å². The summed E-state index contributed by atoms with van der Waals surface area (Å²) in [5, 5.41) is 0. The van der Waals surface area contributed by atoms with E-state index in [-0.39, 0.29) is 0 Å². The van der Waals surface area contributed by atoms with Crippen molar-refractivity contribution in [2.45, 2.75) is 6.92 Å². The van der Waals surface area contributed by atoms with Crippen LogP contribution in [-0.4, -0.2) is 6.54 Å². The third-order valence-corrected chi connectivity index (χ3v) is 2.82. The molecule has 0 aromatic heterocycles. The number of benzene rings is 2. The molecule has 86 valence electrons. The summed E-state index contributed by atoms with van der Waals surface area (Å²) in [6, 6.07) is 18.9. The Morgan fingerprint density at radius 1 is 0.941 bits per heavy atom. The summed E-state index contributed by atoms with van der Waals surface area (Å²) in [6.07, 6.45) is 1.86. The third kappa shape index (κ3) is 2.56. The van der Waals surface area contributed by atoms with Gasteiger partial charge in [-0.3, -0.25) is 0 Å². The lowest BCUT2D eigenvalue weighted by Crippen LogP contribution is -2.15. The first-order valence-electron chi connectivity index (χ1n) is 5.90. The molecule has 0 bridgehead atoms. The van der Waals surface area contributed by atoms with E-state index in [1.54, 1.807) is 0 Å². The molecule has 0 aliphatic carbocycles. The van der Waals surface area contributed by atoms with Gasteiger partial charge in [-0.1, -0.05) is 43.0 Å². The first-order valence-corrected chi connectivity index (χ1v) is 5.90. The average Bonchev–Trinajstić information content (AvgIpc) is 2.42. The van der Waals surface area contributed by atoms with Crippen LogP contribution < -0.4 is 4.90 Å². The second kappa shape index (κ2) is 5.35. The molecule has 1 nitrogen and oxygen atoms in total. The van der Waals surface area contributed by atoms with E-state index in [1.807, 2.05) is 12.1 Å². The molecule has 2 aromatic rings. The van der Waals surface area contributed by atoms with Crippen LogP contribution >= 0.6 is 0 Å². The molecular formula is C16H17N. The Kier molecular flexibility index (Phi) is 3.61. The van der Waals surface area contributed by atoms with E-state index in [1.165, 1.54) is 11.4 Å². The molecule has 0 atom stereocenters. The van der Waals surface area contributed by atoms with E-state index in [2.05, 4.69) is 66.9 Å². The zero-order chi connectivity index (χ0) is 12.1. The maximum Gasteiger partial charge on any atom is 0.0411 e. The van der Waals surface area contributed by atoms with Crippen LogP contribution in [0, 0.1) is 0 Å². The third-order valence-electron chi connectivity index (χ3n) is 2.82. The van der Waals surface area contributed by atoms with Crippen molar-refractivity contribution in [1.29, 1.82) is 0 Å². The van der Waals surface area contributed by atoms with Gasteiger partial charge >= 0.3 is 0 Å². The molecule has 2 aromatic carbocycles. The molecule has 0 heterocycles. The fourth-order valence-corrected chi connectivity index (χ4v) is 1.91. The zero-order valence-corrected chi connectivity index (χ0v) is 10.1. The fourth-order valence-electron chi connectivity index (χ4n) is 1.91. The Balaban J connectivity index is 2.32. The SMILES string of the molecule is C=Cc1ccc(N(CC)c2ccccc2)cc1. The maximum absolute atomic E-state index is 3.77. The summed E-state index contributed by atoms with van der Waals surface area (Å²) in [5.74, 6) is 0. The Labute approximate surface area is 103 Å². The number of rotatable bonds is 4. The van der Waals surface area contributed by atoms with Crippen molar-refractivity contribution in [2.75, 3.05) is 11.4 Å². The van der Waals surface area contributed by atoms with Gasteiger partial charge in [0.2, 0.25) is 0 Å². The molecule has 0 fully saturated rings. The fraction of sp³-hybridized carbons (Fsp3) is 0.125. The molecule has 0 unspecified atom stereocenters. The molecule has 17 heavy (non-hydrogen) atoms.